The molecule has 106 valence electrons. The minimum atomic E-state index is -0.396. The summed E-state index contributed by atoms with van der Waals surface area (Å²) in [6.45, 7) is 6.18. The Hall–Kier alpha value is -1.20. The zero-order valence-corrected chi connectivity index (χ0v) is 12.2. The van der Waals surface area contributed by atoms with Crippen molar-refractivity contribution in [2.45, 2.75) is 45.6 Å². The van der Waals surface area contributed by atoms with Crippen LogP contribution in [-0.2, 0) is 0 Å². The van der Waals surface area contributed by atoms with Crippen LogP contribution >= 0.6 is 11.6 Å². The first-order chi connectivity index (χ1) is 8.95. The number of halogens is 1. The lowest BCUT2D eigenvalue weighted by Gasteiger charge is -2.10. The number of carbonyl (C=O) groups is 1. The Kier molecular flexibility index (Phi) is 6.18. The Morgan fingerprint density at radius 1 is 1.53 bits per heavy atom. The van der Waals surface area contributed by atoms with Gasteiger partial charge in [0.15, 0.2) is 0 Å². The highest BCUT2D eigenvalue weighted by atomic mass is 35.5. The molecular formula is C13H20ClN3O2. The van der Waals surface area contributed by atoms with Gasteiger partial charge < -0.3 is 10.4 Å². The molecule has 0 aliphatic rings. The summed E-state index contributed by atoms with van der Waals surface area (Å²) in [5.74, 6) is 0.381. The Bertz CT molecular complexity index is 438. The molecule has 0 bridgehead atoms. The highest BCUT2D eigenvalue weighted by Gasteiger charge is 2.15. The molecule has 1 unspecified atom stereocenters. The lowest BCUT2D eigenvalue weighted by atomic mass is 10.2. The predicted octanol–water partition coefficient (Wildman–Crippen LogP) is 2.14. The highest BCUT2D eigenvalue weighted by Crippen LogP contribution is 2.16. The molecule has 1 aromatic heterocycles. The number of aromatic nitrogens is 2. The summed E-state index contributed by atoms with van der Waals surface area (Å²) in [4.78, 5) is 20.2. The third-order valence-electron chi connectivity index (χ3n) is 2.73. The van der Waals surface area contributed by atoms with Crippen LogP contribution < -0.4 is 5.32 Å². The van der Waals surface area contributed by atoms with E-state index in [9.17, 15) is 9.90 Å². The molecule has 6 heteroatoms. The van der Waals surface area contributed by atoms with E-state index in [4.69, 9.17) is 11.6 Å². The van der Waals surface area contributed by atoms with Gasteiger partial charge in [-0.05, 0) is 12.8 Å². The van der Waals surface area contributed by atoms with Gasteiger partial charge in [0.1, 0.15) is 11.5 Å². The number of aliphatic hydroxyl groups is 1. The van der Waals surface area contributed by atoms with E-state index in [2.05, 4.69) is 15.3 Å². The number of aliphatic hydroxyl groups excluding tert-OH is 1. The van der Waals surface area contributed by atoms with E-state index >= 15 is 0 Å². The Morgan fingerprint density at radius 3 is 2.79 bits per heavy atom. The van der Waals surface area contributed by atoms with Crippen molar-refractivity contribution in [3.63, 3.8) is 0 Å². The minimum absolute atomic E-state index is 0.130. The van der Waals surface area contributed by atoms with Gasteiger partial charge in [-0.3, -0.25) is 4.79 Å². The number of carbonyl (C=O) groups excluding carboxylic acids is 1. The summed E-state index contributed by atoms with van der Waals surface area (Å²) in [7, 11) is 0. The first-order valence-electron chi connectivity index (χ1n) is 6.44. The SMILES string of the molecule is CCC(O)CCNC(=O)c1nc(C(C)C)ncc1Cl. The van der Waals surface area contributed by atoms with Gasteiger partial charge in [0.2, 0.25) is 0 Å². The molecule has 0 saturated heterocycles. The molecule has 1 heterocycles. The summed E-state index contributed by atoms with van der Waals surface area (Å²) in [6.07, 6.45) is 2.23. The Balaban J connectivity index is 2.68. The average molecular weight is 286 g/mol. The van der Waals surface area contributed by atoms with Crippen molar-refractivity contribution in [3.8, 4) is 0 Å². The second-order valence-corrected chi connectivity index (χ2v) is 5.09. The first-order valence-corrected chi connectivity index (χ1v) is 6.82. The molecule has 1 amide bonds. The van der Waals surface area contributed by atoms with Gasteiger partial charge in [-0.1, -0.05) is 32.4 Å². The predicted molar refractivity (Wildman–Crippen MR) is 74.4 cm³/mol. The van der Waals surface area contributed by atoms with Crippen LogP contribution in [0.2, 0.25) is 5.02 Å². The van der Waals surface area contributed by atoms with E-state index in [0.29, 0.717) is 25.2 Å². The van der Waals surface area contributed by atoms with Crippen LogP contribution in [0.3, 0.4) is 0 Å². The topological polar surface area (TPSA) is 75.1 Å². The zero-order chi connectivity index (χ0) is 14.4. The van der Waals surface area contributed by atoms with Gasteiger partial charge in [0.25, 0.3) is 5.91 Å². The van der Waals surface area contributed by atoms with E-state index in [1.165, 1.54) is 6.20 Å². The van der Waals surface area contributed by atoms with Crippen molar-refractivity contribution in [1.29, 1.82) is 0 Å². The van der Waals surface area contributed by atoms with Gasteiger partial charge in [0.05, 0.1) is 17.3 Å². The summed E-state index contributed by atoms with van der Waals surface area (Å²) < 4.78 is 0. The van der Waals surface area contributed by atoms with Crippen molar-refractivity contribution in [2.75, 3.05) is 6.54 Å². The molecule has 5 nitrogen and oxygen atoms in total. The van der Waals surface area contributed by atoms with Crippen LogP contribution in [0.4, 0.5) is 0 Å². The normalized spacial score (nSPS) is 12.5. The monoisotopic (exact) mass is 285 g/mol. The summed E-state index contributed by atoms with van der Waals surface area (Å²) in [6, 6.07) is 0. The fourth-order valence-corrected chi connectivity index (χ4v) is 1.64. The van der Waals surface area contributed by atoms with E-state index in [0.717, 1.165) is 0 Å². The van der Waals surface area contributed by atoms with Gasteiger partial charge >= 0.3 is 0 Å². The number of nitrogens with zero attached hydrogens (tertiary/aromatic N) is 2. The van der Waals surface area contributed by atoms with Crippen LogP contribution in [0.5, 0.6) is 0 Å². The molecule has 1 rings (SSSR count). The van der Waals surface area contributed by atoms with E-state index in [1.807, 2.05) is 20.8 Å². The molecule has 1 aromatic rings. The molecular weight excluding hydrogens is 266 g/mol. The quantitative estimate of drug-likeness (QED) is 0.840. The number of hydrogen-bond donors (Lipinski definition) is 2. The molecule has 0 saturated carbocycles. The number of hydrogen-bond acceptors (Lipinski definition) is 4. The second-order valence-electron chi connectivity index (χ2n) is 4.69. The van der Waals surface area contributed by atoms with E-state index in [1.54, 1.807) is 0 Å². The third kappa shape index (κ3) is 4.76. The molecule has 1 atom stereocenters. The fraction of sp³-hybridized carbons (Fsp3) is 0.615. The van der Waals surface area contributed by atoms with Crippen molar-refractivity contribution < 1.29 is 9.90 Å². The van der Waals surface area contributed by atoms with Gasteiger partial charge in [-0.2, -0.15) is 0 Å². The third-order valence-corrected chi connectivity index (χ3v) is 3.01. The lowest BCUT2D eigenvalue weighted by molar-refractivity contribution is 0.0936. The average Bonchev–Trinajstić information content (AvgIpc) is 2.38. The van der Waals surface area contributed by atoms with Gasteiger partial charge in [0, 0.05) is 12.5 Å². The lowest BCUT2D eigenvalue weighted by Crippen LogP contribution is -2.28. The maximum Gasteiger partial charge on any atom is 0.271 e. The van der Waals surface area contributed by atoms with Crippen LogP contribution in [0.1, 0.15) is 55.8 Å². The van der Waals surface area contributed by atoms with Crippen LogP contribution in [-0.4, -0.2) is 33.6 Å². The molecule has 0 aliphatic carbocycles. The van der Waals surface area contributed by atoms with Gasteiger partial charge in [-0.15, -0.1) is 0 Å². The van der Waals surface area contributed by atoms with Crippen LogP contribution in [0, 0.1) is 0 Å². The smallest absolute Gasteiger partial charge is 0.271 e. The minimum Gasteiger partial charge on any atom is -0.393 e. The van der Waals surface area contributed by atoms with E-state index < -0.39 is 6.10 Å². The number of nitrogens with one attached hydrogen (secondary N) is 1. The van der Waals surface area contributed by atoms with Crippen LogP contribution in [0.25, 0.3) is 0 Å². The van der Waals surface area contributed by atoms with Crippen molar-refractivity contribution in [1.82, 2.24) is 15.3 Å². The molecule has 0 fully saturated rings. The van der Waals surface area contributed by atoms with Crippen molar-refractivity contribution >= 4 is 17.5 Å². The Morgan fingerprint density at radius 2 is 2.21 bits per heavy atom. The molecule has 2 N–H and O–H groups in total. The fourth-order valence-electron chi connectivity index (χ4n) is 1.46. The van der Waals surface area contributed by atoms with Crippen molar-refractivity contribution in [2.24, 2.45) is 0 Å². The number of rotatable bonds is 6. The molecule has 0 aromatic carbocycles. The van der Waals surface area contributed by atoms with Crippen LogP contribution in [0.15, 0.2) is 6.20 Å². The highest BCUT2D eigenvalue weighted by molar-refractivity contribution is 6.33. The van der Waals surface area contributed by atoms with Crippen molar-refractivity contribution in [3.05, 3.63) is 22.7 Å². The van der Waals surface area contributed by atoms with Gasteiger partial charge in [-0.25, -0.2) is 9.97 Å². The summed E-state index contributed by atoms with van der Waals surface area (Å²) in [5, 5.41) is 12.3. The molecule has 0 radical (unpaired) electrons. The first kappa shape index (κ1) is 15.9. The second kappa shape index (κ2) is 7.40. The zero-order valence-electron chi connectivity index (χ0n) is 11.5. The summed E-state index contributed by atoms with van der Waals surface area (Å²) in [5.41, 5.74) is 0.186. The molecule has 0 aliphatic heterocycles. The maximum atomic E-state index is 11.9. The Labute approximate surface area is 118 Å². The molecule has 0 spiro atoms. The van der Waals surface area contributed by atoms with E-state index in [-0.39, 0.29) is 22.5 Å². The molecule has 19 heavy (non-hydrogen) atoms. The largest absolute Gasteiger partial charge is 0.393 e. The number of amides is 1. The standard InChI is InChI=1S/C13H20ClN3O2/c1-4-9(18)5-6-15-13(19)11-10(14)7-16-12(17-11)8(2)3/h7-9,18H,4-6H2,1-3H3,(H,15,19). The summed E-state index contributed by atoms with van der Waals surface area (Å²) >= 11 is 5.93. The maximum absolute atomic E-state index is 11.9.